The molecule has 0 spiro atoms. The molecule has 0 saturated heterocycles. The number of hydrogen-bond acceptors (Lipinski definition) is 1. The second-order valence-electron chi connectivity index (χ2n) is 9.20. The standard InChI is InChI=1S/C34H23BrN2/c35-25-18-20-30-31-21-19-28(36(26-12-3-1-4-13-26)27-14-5-2-6-15-27)23-34(31)37(33(30)22-25)32-17-9-11-24-10-7-8-16-29(24)32/h1-23H. The summed E-state index contributed by atoms with van der Waals surface area (Å²) in [5.41, 5.74) is 6.92. The molecule has 0 saturated carbocycles. The molecule has 0 aliphatic rings. The highest BCUT2D eigenvalue weighted by Crippen LogP contribution is 2.40. The van der Waals surface area contributed by atoms with Gasteiger partial charge in [0.2, 0.25) is 0 Å². The predicted octanol–water partition coefficient (Wildman–Crippen LogP) is 10.2. The molecule has 0 unspecified atom stereocenters. The summed E-state index contributed by atoms with van der Waals surface area (Å²) in [6.07, 6.45) is 0. The van der Waals surface area contributed by atoms with Crippen LogP contribution >= 0.6 is 15.9 Å². The molecule has 176 valence electrons. The van der Waals surface area contributed by atoms with Crippen molar-refractivity contribution < 1.29 is 0 Å². The normalized spacial score (nSPS) is 11.4. The van der Waals surface area contributed by atoms with E-state index in [2.05, 4.69) is 165 Å². The lowest BCUT2D eigenvalue weighted by Gasteiger charge is -2.25. The van der Waals surface area contributed by atoms with Gasteiger partial charge in [-0.3, -0.25) is 0 Å². The maximum absolute atomic E-state index is 3.72. The van der Waals surface area contributed by atoms with Crippen LogP contribution in [0.5, 0.6) is 0 Å². The number of hydrogen-bond donors (Lipinski definition) is 0. The van der Waals surface area contributed by atoms with Crippen LogP contribution in [0.15, 0.2) is 144 Å². The summed E-state index contributed by atoms with van der Waals surface area (Å²) in [6, 6.07) is 49.7. The van der Waals surface area contributed by atoms with Crippen LogP contribution in [0.2, 0.25) is 0 Å². The third kappa shape index (κ3) is 3.71. The molecule has 2 nitrogen and oxygen atoms in total. The van der Waals surface area contributed by atoms with Gasteiger partial charge in [-0.05, 0) is 60.0 Å². The summed E-state index contributed by atoms with van der Waals surface area (Å²) in [5, 5.41) is 4.94. The number of anilines is 3. The van der Waals surface area contributed by atoms with Gasteiger partial charge >= 0.3 is 0 Å². The number of aromatic nitrogens is 1. The minimum Gasteiger partial charge on any atom is -0.310 e. The van der Waals surface area contributed by atoms with Crippen molar-refractivity contribution in [1.29, 1.82) is 0 Å². The van der Waals surface area contributed by atoms with E-state index < -0.39 is 0 Å². The zero-order valence-corrected chi connectivity index (χ0v) is 21.6. The summed E-state index contributed by atoms with van der Waals surface area (Å²) >= 11 is 3.72. The number of nitrogens with zero attached hydrogens (tertiary/aromatic N) is 2. The molecule has 7 rings (SSSR count). The van der Waals surface area contributed by atoms with Crippen molar-refractivity contribution >= 4 is 65.6 Å². The van der Waals surface area contributed by atoms with Gasteiger partial charge in [0.1, 0.15) is 0 Å². The first-order valence-corrected chi connectivity index (χ1v) is 13.2. The van der Waals surface area contributed by atoms with E-state index >= 15 is 0 Å². The monoisotopic (exact) mass is 538 g/mol. The van der Waals surface area contributed by atoms with Gasteiger partial charge in [-0.25, -0.2) is 0 Å². The Hall–Kier alpha value is -4.34. The molecule has 0 bridgehead atoms. The van der Waals surface area contributed by atoms with E-state index in [1.807, 2.05) is 0 Å². The molecule has 0 atom stereocenters. The fourth-order valence-corrected chi connectivity index (χ4v) is 5.73. The number of para-hydroxylation sites is 2. The van der Waals surface area contributed by atoms with Crippen LogP contribution in [0.4, 0.5) is 17.1 Å². The van der Waals surface area contributed by atoms with Gasteiger partial charge in [0.05, 0.1) is 16.7 Å². The minimum atomic E-state index is 1.07. The number of fused-ring (bicyclic) bond motifs is 4. The molecule has 7 aromatic rings. The van der Waals surface area contributed by atoms with Crippen LogP contribution < -0.4 is 4.90 Å². The first kappa shape index (κ1) is 21.9. The SMILES string of the molecule is Brc1ccc2c3ccc(N(c4ccccc4)c4ccccc4)cc3n(-c3cccc4ccccc34)c2c1. The molecule has 6 aromatic carbocycles. The van der Waals surface area contributed by atoms with Gasteiger partial charge in [0.15, 0.2) is 0 Å². The van der Waals surface area contributed by atoms with Crippen LogP contribution in [0.3, 0.4) is 0 Å². The first-order chi connectivity index (χ1) is 18.3. The number of benzene rings is 6. The lowest BCUT2D eigenvalue weighted by Crippen LogP contribution is -2.09. The van der Waals surface area contributed by atoms with Crippen LogP contribution in [0.25, 0.3) is 38.3 Å². The van der Waals surface area contributed by atoms with Crippen molar-refractivity contribution in [3.8, 4) is 5.69 Å². The second-order valence-corrected chi connectivity index (χ2v) is 10.1. The third-order valence-electron chi connectivity index (χ3n) is 7.01. The van der Waals surface area contributed by atoms with Crippen LogP contribution in [0.1, 0.15) is 0 Å². The summed E-state index contributed by atoms with van der Waals surface area (Å²) < 4.78 is 3.48. The fraction of sp³-hybridized carbons (Fsp3) is 0. The summed E-state index contributed by atoms with van der Waals surface area (Å²) in [6.45, 7) is 0. The Kier molecular flexibility index (Phi) is 5.30. The Bertz CT molecular complexity index is 1840. The summed E-state index contributed by atoms with van der Waals surface area (Å²) in [4.78, 5) is 2.32. The van der Waals surface area contributed by atoms with E-state index in [9.17, 15) is 0 Å². The van der Waals surface area contributed by atoms with Gasteiger partial charge in [-0.15, -0.1) is 0 Å². The Labute approximate surface area is 224 Å². The maximum atomic E-state index is 3.72. The van der Waals surface area contributed by atoms with Gasteiger partial charge in [-0.1, -0.05) is 101 Å². The van der Waals surface area contributed by atoms with Crippen molar-refractivity contribution in [2.24, 2.45) is 0 Å². The predicted molar refractivity (Wildman–Crippen MR) is 161 cm³/mol. The molecular weight excluding hydrogens is 516 g/mol. The van der Waals surface area contributed by atoms with Crippen LogP contribution in [-0.2, 0) is 0 Å². The maximum Gasteiger partial charge on any atom is 0.0562 e. The number of halogens is 1. The Morgan fingerprint density at radius 1 is 0.459 bits per heavy atom. The molecule has 37 heavy (non-hydrogen) atoms. The molecule has 3 heteroatoms. The van der Waals surface area contributed by atoms with Crippen LogP contribution in [0, 0.1) is 0 Å². The first-order valence-electron chi connectivity index (χ1n) is 12.4. The summed E-state index contributed by atoms with van der Waals surface area (Å²) in [7, 11) is 0. The summed E-state index contributed by atoms with van der Waals surface area (Å²) in [5.74, 6) is 0. The molecule has 0 fully saturated rings. The average molecular weight is 539 g/mol. The lowest BCUT2D eigenvalue weighted by atomic mass is 10.1. The Balaban J connectivity index is 1.56. The third-order valence-corrected chi connectivity index (χ3v) is 7.50. The van der Waals surface area contributed by atoms with Gasteiger partial charge in [-0.2, -0.15) is 0 Å². The van der Waals surface area contributed by atoms with Gasteiger partial charge in [0, 0.05) is 37.7 Å². The van der Waals surface area contributed by atoms with E-state index in [1.165, 1.54) is 38.3 Å². The largest absolute Gasteiger partial charge is 0.310 e. The van der Waals surface area contributed by atoms with E-state index in [-0.39, 0.29) is 0 Å². The fourth-order valence-electron chi connectivity index (χ4n) is 5.38. The molecule has 0 N–H and O–H groups in total. The van der Waals surface area contributed by atoms with Crippen molar-refractivity contribution in [3.63, 3.8) is 0 Å². The van der Waals surface area contributed by atoms with Gasteiger partial charge in [0.25, 0.3) is 0 Å². The molecule has 0 aliphatic heterocycles. The molecule has 1 heterocycles. The van der Waals surface area contributed by atoms with E-state index in [4.69, 9.17) is 0 Å². The minimum absolute atomic E-state index is 1.07. The highest BCUT2D eigenvalue weighted by molar-refractivity contribution is 9.10. The van der Waals surface area contributed by atoms with Gasteiger partial charge < -0.3 is 9.47 Å². The van der Waals surface area contributed by atoms with Crippen LogP contribution in [-0.4, -0.2) is 4.57 Å². The van der Waals surface area contributed by atoms with Crippen molar-refractivity contribution in [2.75, 3.05) is 4.90 Å². The highest BCUT2D eigenvalue weighted by atomic mass is 79.9. The Morgan fingerprint density at radius 2 is 1.05 bits per heavy atom. The van der Waals surface area contributed by atoms with E-state index in [0.717, 1.165) is 21.5 Å². The quantitative estimate of drug-likeness (QED) is 0.216. The van der Waals surface area contributed by atoms with Crippen molar-refractivity contribution in [1.82, 2.24) is 4.57 Å². The van der Waals surface area contributed by atoms with Crippen molar-refractivity contribution in [3.05, 3.63) is 144 Å². The highest BCUT2D eigenvalue weighted by Gasteiger charge is 2.18. The zero-order valence-electron chi connectivity index (χ0n) is 20.1. The second kappa shape index (κ2) is 8.95. The van der Waals surface area contributed by atoms with Crippen molar-refractivity contribution in [2.45, 2.75) is 0 Å². The average Bonchev–Trinajstić information content (AvgIpc) is 3.26. The molecule has 1 aromatic heterocycles. The topological polar surface area (TPSA) is 8.17 Å². The number of rotatable bonds is 4. The lowest BCUT2D eigenvalue weighted by molar-refractivity contribution is 1.19. The molecule has 0 radical (unpaired) electrons. The smallest absolute Gasteiger partial charge is 0.0562 e. The van der Waals surface area contributed by atoms with E-state index in [1.54, 1.807) is 0 Å². The van der Waals surface area contributed by atoms with E-state index in [0.29, 0.717) is 0 Å². The molecule has 0 aliphatic carbocycles. The molecular formula is C34H23BrN2. The molecule has 0 amide bonds. The zero-order chi connectivity index (χ0) is 24.8. The Morgan fingerprint density at radius 3 is 1.78 bits per heavy atom.